The van der Waals surface area contributed by atoms with Crippen molar-refractivity contribution >= 4 is 6.21 Å². The molecule has 0 radical (unpaired) electrons. The van der Waals surface area contributed by atoms with E-state index in [2.05, 4.69) is 6.58 Å². The summed E-state index contributed by atoms with van der Waals surface area (Å²) in [7, 11) is 0. The summed E-state index contributed by atoms with van der Waals surface area (Å²) in [5, 5.41) is 6.98. The van der Waals surface area contributed by atoms with Crippen LogP contribution in [0.4, 0.5) is 4.39 Å². The monoisotopic (exact) mass is 183 g/mol. The molecule has 74 valence electrons. The molecule has 0 heterocycles. The lowest BCUT2D eigenvalue weighted by Crippen LogP contribution is -2.04. The smallest absolute Gasteiger partial charge is 0.121 e. The topological polar surface area (TPSA) is 23.9 Å². The number of allylic oxidation sites excluding steroid dienone is 3. The Kier molecular flexibility index (Phi) is 6.11. The lowest BCUT2D eigenvalue weighted by Gasteiger charge is -2.09. The molecular formula is C11H18FN. The molecule has 1 nitrogen and oxygen atoms in total. The Bertz CT molecular complexity index is 206. The van der Waals surface area contributed by atoms with E-state index in [-0.39, 0.29) is 0 Å². The second kappa shape index (κ2) is 6.58. The second-order valence-electron chi connectivity index (χ2n) is 3.20. The molecule has 0 saturated carbocycles. The first-order chi connectivity index (χ1) is 6.13. The van der Waals surface area contributed by atoms with Gasteiger partial charge in [0, 0.05) is 6.21 Å². The Labute approximate surface area is 79.9 Å². The van der Waals surface area contributed by atoms with E-state index in [1.165, 1.54) is 6.21 Å². The molecule has 0 aliphatic heterocycles. The average molecular weight is 183 g/mol. The van der Waals surface area contributed by atoms with Crippen LogP contribution in [0, 0.1) is 5.41 Å². The Balaban J connectivity index is 4.02. The summed E-state index contributed by atoms with van der Waals surface area (Å²) >= 11 is 0. The van der Waals surface area contributed by atoms with E-state index in [9.17, 15) is 4.39 Å². The van der Waals surface area contributed by atoms with E-state index in [0.717, 1.165) is 18.4 Å². The van der Waals surface area contributed by atoms with Gasteiger partial charge < -0.3 is 5.41 Å². The molecule has 1 unspecified atom stereocenters. The molecule has 2 heteroatoms. The highest BCUT2D eigenvalue weighted by molar-refractivity contribution is 5.76. The molecule has 0 aliphatic rings. The minimum absolute atomic E-state index is 0.531. The highest BCUT2D eigenvalue weighted by atomic mass is 19.1. The van der Waals surface area contributed by atoms with Gasteiger partial charge in [-0.1, -0.05) is 6.08 Å². The van der Waals surface area contributed by atoms with Crippen molar-refractivity contribution in [3.8, 4) is 0 Å². The van der Waals surface area contributed by atoms with Crippen molar-refractivity contribution in [2.45, 2.75) is 39.3 Å². The van der Waals surface area contributed by atoms with Crippen molar-refractivity contribution in [2.75, 3.05) is 0 Å². The number of halogens is 1. The fourth-order valence-electron chi connectivity index (χ4n) is 1.02. The highest BCUT2D eigenvalue weighted by Crippen LogP contribution is 2.16. The first-order valence-corrected chi connectivity index (χ1v) is 4.56. The van der Waals surface area contributed by atoms with Crippen LogP contribution in [0.1, 0.15) is 33.1 Å². The molecule has 1 atom stereocenters. The summed E-state index contributed by atoms with van der Waals surface area (Å²) in [5.41, 5.74) is 1.41. The molecule has 0 aromatic heterocycles. The number of unbranched alkanes of at least 4 members (excludes halogenated alkanes) is 1. The number of hydrogen-bond donors (Lipinski definition) is 1. The Morgan fingerprint density at radius 2 is 2.15 bits per heavy atom. The normalized spacial score (nSPS) is 14.7. The van der Waals surface area contributed by atoms with E-state index in [4.69, 9.17) is 5.41 Å². The molecule has 0 aliphatic carbocycles. The maximum Gasteiger partial charge on any atom is 0.121 e. The molecule has 0 aromatic carbocycles. The van der Waals surface area contributed by atoms with Crippen LogP contribution >= 0.6 is 0 Å². The summed E-state index contributed by atoms with van der Waals surface area (Å²) < 4.78 is 13.4. The maximum atomic E-state index is 13.4. The van der Waals surface area contributed by atoms with Crippen molar-refractivity contribution in [1.82, 2.24) is 0 Å². The van der Waals surface area contributed by atoms with Gasteiger partial charge in [-0.25, -0.2) is 4.39 Å². The summed E-state index contributed by atoms with van der Waals surface area (Å²) in [4.78, 5) is 0. The van der Waals surface area contributed by atoms with Crippen LogP contribution in [0.25, 0.3) is 0 Å². The number of alkyl halides is 1. The van der Waals surface area contributed by atoms with Crippen LogP contribution < -0.4 is 0 Å². The van der Waals surface area contributed by atoms with Crippen LogP contribution in [0.3, 0.4) is 0 Å². The minimum Gasteiger partial charge on any atom is -0.308 e. The standard InChI is InChI=1S/C11H18FN/c1-4-5-6-7-11(12)10(3)9(2)8-13/h4,8,11,13H,1,5-7H2,2-3H3/b10-9+,13-8?. The first kappa shape index (κ1) is 12.1. The van der Waals surface area contributed by atoms with Crippen LogP contribution in [0.2, 0.25) is 0 Å². The average Bonchev–Trinajstić information content (AvgIpc) is 2.15. The zero-order valence-corrected chi connectivity index (χ0v) is 8.44. The Morgan fingerprint density at radius 3 is 2.62 bits per heavy atom. The van der Waals surface area contributed by atoms with Crippen molar-refractivity contribution < 1.29 is 4.39 Å². The van der Waals surface area contributed by atoms with E-state index in [1.807, 2.05) is 0 Å². The van der Waals surface area contributed by atoms with Gasteiger partial charge in [0.05, 0.1) is 0 Å². The predicted molar refractivity (Wildman–Crippen MR) is 56.1 cm³/mol. The van der Waals surface area contributed by atoms with Gasteiger partial charge in [0.25, 0.3) is 0 Å². The second-order valence-corrected chi connectivity index (χ2v) is 3.20. The van der Waals surface area contributed by atoms with E-state index >= 15 is 0 Å². The SMILES string of the molecule is C=CCCCC(F)/C(C)=C(\C)C=N. The van der Waals surface area contributed by atoms with Gasteiger partial charge in [0.15, 0.2) is 0 Å². The molecule has 1 N–H and O–H groups in total. The number of rotatable bonds is 6. The third kappa shape index (κ3) is 4.61. The van der Waals surface area contributed by atoms with Gasteiger partial charge >= 0.3 is 0 Å². The predicted octanol–water partition coefficient (Wildman–Crippen LogP) is 3.67. The zero-order chi connectivity index (χ0) is 10.3. The zero-order valence-electron chi connectivity index (χ0n) is 8.44. The summed E-state index contributed by atoms with van der Waals surface area (Å²) in [6, 6.07) is 0. The molecule has 13 heavy (non-hydrogen) atoms. The van der Waals surface area contributed by atoms with Crippen molar-refractivity contribution in [2.24, 2.45) is 0 Å². The molecule has 0 bridgehead atoms. The van der Waals surface area contributed by atoms with E-state index in [0.29, 0.717) is 12.0 Å². The van der Waals surface area contributed by atoms with Gasteiger partial charge in [-0.05, 0) is 44.3 Å². The summed E-state index contributed by atoms with van der Waals surface area (Å²) in [6.45, 7) is 7.10. The van der Waals surface area contributed by atoms with Crippen LogP contribution in [-0.4, -0.2) is 12.4 Å². The van der Waals surface area contributed by atoms with Crippen molar-refractivity contribution in [3.05, 3.63) is 23.8 Å². The van der Waals surface area contributed by atoms with Crippen LogP contribution in [0.15, 0.2) is 23.8 Å². The lowest BCUT2D eigenvalue weighted by atomic mass is 10.0. The third-order valence-corrected chi connectivity index (χ3v) is 2.17. The van der Waals surface area contributed by atoms with E-state index < -0.39 is 6.17 Å². The maximum absolute atomic E-state index is 13.4. The van der Waals surface area contributed by atoms with Gasteiger partial charge in [-0.2, -0.15) is 0 Å². The molecule has 0 aromatic rings. The fraction of sp³-hybridized carbons (Fsp3) is 0.545. The molecule has 0 spiro atoms. The number of nitrogens with one attached hydrogen (secondary N) is 1. The highest BCUT2D eigenvalue weighted by Gasteiger charge is 2.09. The minimum atomic E-state index is -0.901. The molecule has 0 fully saturated rings. The van der Waals surface area contributed by atoms with Gasteiger partial charge in [0.2, 0.25) is 0 Å². The largest absolute Gasteiger partial charge is 0.308 e. The molecular weight excluding hydrogens is 165 g/mol. The third-order valence-electron chi connectivity index (χ3n) is 2.17. The Hall–Kier alpha value is -0.920. The molecule has 0 rings (SSSR count). The lowest BCUT2D eigenvalue weighted by molar-refractivity contribution is 0.353. The van der Waals surface area contributed by atoms with Crippen LogP contribution in [-0.2, 0) is 0 Å². The van der Waals surface area contributed by atoms with Crippen molar-refractivity contribution in [1.29, 1.82) is 5.41 Å². The van der Waals surface area contributed by atoms with Gasteiger partial charge in [-0.3, -0.25) is 0 Å². The van der Waals surface area contributed by atoms with E-state index in [1.54, 1.807) is 19.9 Å². The quantitative estimate of drug-likeness (QED) is 0.369. The fourth-order valence-corrected chi connectivity index (χ4v) is 1.02. The van der Waals surface area contributed by atoms with Gasteiger partial charge in [-0.15, -0.1) is 6.58 Å². The Morgan fingerprint density at radius 1 is 1.54 bits per heavy atom. The molecule has 0 amide bonds. The summed E-state index contributed by atoms with van der Waals surface area (Å²) in [5.74, 6) is 0. The summed E-state index contributed by atoms with van der Waals surface area (Å²) in [6.07, 6.45) is 4.32. The molecule has 0 saturated heterocycles. The number of hydrogen-bond acceptors (Lipinski definition) is 1. The van der Waals surface area contributed by atoms with Gasteiger partial charge in [0.1, 0.15) is 6.17 Å². The van der Waals surface area contributed by atoms with Crippen molar-refractivity contribution in [3.63, 3.8) is 0 Å². The first-order valence-electron chi connectivity index (χ1n) is 4.56. The van der Waals surface area contributed by atoms with Crippen LogP contribution in [0.5, 0.6) is 0 Å².